The molecule has 164 valence electrons. The molecule has 0 atom stereocenters. The van der Waals surface area contributed by atoms with E-state index < -0.39 is 7.26 Å². The molecule has 1 heterocycles. The van der Waals surface area contributed by atoms with Crippen LogP contribution in [-0.4, -0.2) is 27.7 Å². The molecule has 4 rings (SSSR count). The average molecular weight is 549 g/mol. The molecular formula is C24H21BrCl2N3OP. The van der Waals surface area contributed by atoms with E-state index in [1.54, 1.807) is 0 Å². The van der Waals surface area contributed by atoms with Crippen molar-refractivity contribution in [1.29, 1.82) is 0 Å². The lowest BCUT2D eigenvalue weighted by molar-refractivity contribution is -0.00000687. The smallest absolute Gasteiger partial charge is 0.322 e. The van der Waals surface area contributed by atoms with Crippen molar-refractivity contribution < 1.29 is 21.7 Å². The third-order valence-electron chi connectivity index (χ3n) is 5.02. The highest BCUT2D eigenvalue weighted by atomic mass is 79.9. The minimum absolute atomic E-state index is 0. The molecule has 0 N–H and O–H groups in total. The van der Waals surface area contributed by atoms with Crippen molar-refractivity contribution in [3.63, 3.8) is 0 Å². The summed E-state index contributed by atoms with van der Waals surface area (Å²) in [7, 11) is -1.88. The SMILES string of the molecule is Clc1nc(Cl)nc(OCCC[P+](c2ccccc2)(c2ccccc2)c2ccccc2)n1.[Br-]. The Balaban J connectivity index is 0.00000289. The fourth-order valence-electron chi connectivity index (χ4n) is 3.72. The molecule has 0 aliphatic rings. The third-order valence-corrected chi connectivity index (χ3v) is 9.88. The lowest BCUT2D eigenvalue weighted by atomic mass is 10.4. The number of nitrogens with zero attached hydrogens (tertiary/aromatic N) is 3. The Bertz CT molecular complexity index is 1000. The fourth-order valence-corrected chi connectivity index (χ4v) is 8.38. The number of hydrogen-bond acceptors (Lipinski definition) is 4. The highest BCUT2D eigenvalue weighted by Crippen LogP contribution is 2.55. The maximum absolute atomic E-state index is 5.85. The van der Waals surface area contributed by atoms with Gasteiger partial charge in [-0.1, -0.05) is 54.6 Å². The Morgan fingerprint density at radius 3 is 1.44 bits per heavy atom. The number of benzene rings is 3. The monoisotopic (exact) mass is 547 g/mol. The van der Waals surface area contributed by atoms with Crippen molar-refractivity contribution in [1.82, 2.24) is 15.0 Å². The summed E-state index contributed by atoms with van der Waals surface area (Å²) in [6.45, 7) is 0.449. The molecule has 0 spiro atoms. The molecule has 0 aliphatic heterocycles. The van der Waals surface area contributed by atoms with E-state index in [-0.39, 0.29) is 33.6 Å². The van der Waals surface area contributed by atoms with Gasteiger partial charge in [-0.2, -0.15) is 15.0 Å². The van der Waals surface area contributed by atoms with E-state index in [4.69, 9.17) is 27.9 Å². The average Bonchev–Trinajstić information content (AvgIpc) is 2.80. The minimum Gasteiger partial charge on any atom is -1.00 e. The lowest BCUT2D eigenvalue weighted by Gasteiger charge is -2.27. The molecule has 4 nitrogen and oxygen atoms in total. The van der Waals surface area contributed by atoms with E-state index in [9.17, 15) is 0 Å². The van der Waals surface area contributed by atoms with Gasteiger partial charge in [0.05, 0.1) is 12.8 Å². The van der Waals surface area contributed by atoms with Crippen molar-refractivity contribution in [3.05, 3.63) is 102 Å². The van der Waals surface area contributed by atoms with Crippen LogP contribution in [0.2, 0.25) is 10.6 Å². The number of rotatable bonds is 8. The molecule has 0 aliphatic carbocycles. The van der Waals surface area contributed by atoms with Crippen LogP contribution in [0.3, 0.4) is 0 Å². The van der Waals surface area contributed by atoms with Crippen molar-refractivity contribution >= 4 is 46.4 Å². The van der Waals surface area contributed by atoms with Gasteiger partial charge in [-0.05, 0) is 59.6 Å². The van der Waals surface area contributed by atoms with Gasteiger partial charge >= 0.3 is 6.01 Å². The Morgan fingerprint density at radius 1 is 0.625 bits per heavy atom. The topological polar surface area (TPSA) is 47.9 Å². The summed E-state index contributed by atoms with van der Waals surface area (Å²) in [5, 5.41) is 4.08. The minimum atomic E-state index is -1.88. The number of aromatic nitrogens is 3. The van der Waals surface area contributed by atoms with Gasteiger partial charge in [0.2, 0.25) is 10.6 Å². The molecule has 3 aromatic carbocycles. The standard InChI is InChI=1S/C24H21Cl2N3OP.BrH/c25-22-27-23(26)29-24(28-22)30-17-10-18-31(19-11-4-1-5-12-19,20-13-6-2-7-14-20)21-15-8-3-9-16-21;/h1-9,11-16H,10,17-18H2;1H/q+1;/p-1. The molecule has 1 aromatic heterocycles. The van der Waals surface area contributed by atoms with E-state index in [0.29, 0.717) is 6.61 Å². The van der Waals surface area contributed by atoms with Gasteiger partial charge in [-0.15, -0.1) is 0 Å². The van der Waals surface area contributed by atoms with E-state index in [1.165, 1.54) is 15.9 Å². The van der Waals surface area contributed by atoms with Crippen molar-refractivity contribution in [2.75, 3.05) is 12.8 Å². The van der Waals surface area contributed by atoms with Gasteiger partial charge in [-0.3, -0.25) is 0 Å². The van der Waals surface area contributed by atoms with Crippen LogP contribution in [0.1, 0.15) is 6.42 Å². The summed E-state index contributed by atoms with van der Waals surface area (Å²) in [4.78, 5) is 11.7. The first-order valence-corrected chi connectivity index (χ1v) is 12.7. The number of halogens is 3. The molecule has 8 heteroatoms. The van der Waals surface area contributed by atoms with Crippen molar-refractivity contribution in [2.45, 2.75) is 6.42 Å². The van der Waals surface area contributed by atoms with Crippen LogP contribution >= 0.6 is 30.5 Å². The maximum atomic E-state index is 5.85. The molecule has 0 saturated heterocycles. The summed E-state index contributed by atoms with van der Waals surface area (Å²) < 4.78 is 5.76. The summed E-state index contributed by atoms with van der Waals surface area (Å²) in [5.41, 5.74) is 0. The lowest BCUT2D eigenvalue weighted by Crippen LogP contribution is -3.00. The predicted octanol–water partition coefficient (Wildman–Crippen LogP) is 1.95. The molecular weight excluding hydrogens is 528 g/mol. The van der Waals surface area contributed by atoms with E-state index in [1.807, 2.05) is 0 Å². The molecule has 0 amide bonds. The van der Waals surface area contributed by atoms with Gasteiger partial charge in [-0.25, -0.2) is 0 Å². The predicted molar refractivity (Wildman–Crippen MR) is 130 cm³/mol. The van der Waals surface area contributed by atoms with E-state index in [0.717, 1.165) is 12.6 Å². The van der Waals surface area contributed by atoms with Crippen molar-refractivity contribution in [2.24, 2.45) is 0 Å². The summed E-state index contributed by atoms with van der Waals surface area (Å²) in [5.74, 6) is 0. The fraction of sp³-hybridized carbons (Fsp3) is 0.125. The molecule has 0 fully saturated rings. The zero-order valence-electron chi connectivity index (χ0n) is 17.1. The van der Waals surface area contributed by atoms with Crippen LogP contribution in [0.5, 0.6) is 6.01 Å². The Morgan fingerprint density at radius 2 is 1.03 bits per heavy atom. The number of hydrogen-bond donors (Lipinski definition) is 0. The second-order valence-corrected chi connectivity index (χ2v) is 11.2. The third kappa shape index (κ3) is 5.65. The molecule has 0 radical (unpaired) electrons. The highest BCUT2D eigenvalue weighted by molar-refractivity contribution is 7.95. The largest absolute Gasteiger partial charge is 1.00 e. The Labute approximate surface area is 209 Å². The van der Waals surface area contributed by atoms with Crippen LogP contribution in [0.25, 0.3) is 0 Å². The van der Waals surface area contributed by atoms with Crippen LogP contribution in [0.15, 0.2) is 91.0 Å². The van der Waals surface area contributed by atoms with Crippen LogP contribution in [0.4, 0.5) is 0 Å². The van der Waals surface area contributed by atoms with Gasteiger partial charge in [0.25, 0.3) is 0 Å². The quantitative estimate of drug-likeness (QED) is 0.249. The van der Waals surface area contributed by atoms with Crippen molar-refractivity contribution in [3.8, 4) is 6.01 Å². The first-order valence-electron chi connectivity index (χ1n) is 9.93. The summed E-state index contributed by atoms with van der Waals surface area (Å²) >= 11 is 11.7. The normalized spacial score (nSPS) is 10.9. The van der Waals surface area contributed by atoms with Gasteiger partial charge in [0.15, 0.2) is 0 Å². The van der Waals surface area contributed by atoms with Gasteiger partial charge in [0, 0.05) is 6.42 Å². The molecule has 0 saturated carbocycles. The second-order valence-electron chi connectivity index (χ2n) is 6.90. The molecule has 32 heavy (non-hydrogen) atoms. The van der Waals surface area contributed by atoms with Gasteiger partial charge < -0.3 is 21.7 Å². The maximum Gasteiger partial charge on any atom is 0.322 e. The number of ether oxygens (including phenoxy) is 1. The molecule has 0 bridgehead atoms. The summed E-state index contributed by atoms with van der Waals surface area (Å²) in [6.07, 6.45) is 1.75. The zero-order valence-corrected chi connectivity index (χ0v) is 21.1. The highest BCUT2D eigenvalue weighted by Gasteiger charge is 2.44. The Kier molecular flexibility index (Phi) is 9.01. The van der Waals surface area contributed by atoms with Gasteiger partial charge in [0.1, 0.15) is 23.2 Å². The first-order chi connectivity index (χ1) is 15.2. The van der Waals surface area contributed by atoms with Crippen LogP contribution in [0, 0.1) is 0 Å². The first kappa shape index (κ1) is 24.6. The Hall–Kier alpha value is -2.04. The molecule has 4 aromatic rings. The molecule has 0 unspecified atom stereocenters. The second kappa shape index (κ2) is 11.7. The summed E-state index contributed by atoms with van der Waals surface area (Å²) in [6, 6.07) is 32.4. The van der Waals surface area contributed by atoms with Crippen LogP contribution < -0.4 is 37.6 Å². The van der Waals surface area contributed by atoms with E-state index >= 15 is 0 Å². The van der Waals surface area contributed by atoms with Crippen LogP contribution in [-0.2, 0) is 0 Å². The zero-order chi connectivity index (χ0) is 21.5. The van der Waals surface area contributed by atoms with E-state index in [2.05, 4.69) is 106 Å².